The first-order chi connectivity index (χ1) is 8.74. The molecule has 0 aliphatic heterocycles. The maximum atomic E-state index is 11.6. The highest BCUT2D eigenvalue weighted by atomic mass is 16.5. The van der Waals surface area contributed by atoms with Gasteiger partial charge in [-0.1, -0.05) is 12.1 Å². The van der Waals surface area contributed by atoms with Gasteiger partial charge in [0.05, 0.1) is 5.69 Å². The maximum Gasteiger partial charge on any atom is 0.266 e. The Hall–Kier alpha value is -2.35. The second kappa shape index (κ2) is 3.84. The van der Waals surface area contributed by atoms with Crippen molar-refractivity contribution in [3.05, 3.63) is 38.9 Å². The molecular formula is C13H11N3O2. The van der Waals surface area contributed by atoms with E-state index in [0.717, 1.165) is 41.8 Å². The molecule has 3 rings (SSSR count). The zero-order valence-corrected chi connectivity index (χ0v) is 9.91. The van der Waals surface area contributed by atoms with E-state index >= 15 is 0 Å². The molecule has 2 aromatic heterocycles. The van der Waals surface area contributed by atoms with Gasteiger partial charge in [-0.25, -0.2) is 0 Å². The van der Waals surface area contributed by atoms with Gasteiger partial charge in [-0.3, -0.25) is 4.79 Å². The van der Waals surface area contributed by atoms with E-state index in [0.29, 0.717) is 5.76 Å². The maximum absolute atomic E-state index is 11.6. The first-order valence-electron chi connectivity index (χ1n) is 5.88. The number of aryl methyl sites for hydroxylation is 2. The second-order valence-corrected chi connectivity index (χ2v) is 4.31. The van der Waals surface area contributed by atoms with Crippen molar-refractivity contribution in [2.75, 3.05) is 0 Å². The molecule has 2 aromatic rings. The van der Waals surface area contributed by atoms with Gasteiger partial charge in [0.15, 0.2) is 5.76 Å². The molecule has 18 heavy (non-hydrogen) atoms. The van der Waals surface area contributed by atoms with E-state index in [1.165, 1.54) is 0 Å². The Morgan fingerprint density at radius 1 is 1.56 bits per heavy atom. The fourth-order valence-corrected chi connectivity index (χ4v) is 2.39. The lowest BCUT2D eigenvalue weighted by atomic mass is 9.92. The average molecular weight is 241 g/mol. The van der Waals surface area contributed by atoms with Crippen molar-refractivity contribution in [3.8, 4) is 17.4 Å². The third kappa shape index (κ3) is 1.39. The number of nitrogens with one attached hydrogen (secondary N) is 1. The lowest BCUT2D eigenvalue weighted by molar-refractivity contribution is 0.423. The zero-order valence-electron chi connectivity index (χ0n) is 9.91. The van der Waals surface area contributed by atoms with Crippen molar-refractivity contribution in [1.82, 2.24) is 10.1 Å². The van der Waals surface area contributed by atoms with Crippen LogP contribution >= 0.6 is 0 Å². The van der Waals surface area contributed by atoms with E-state index < -0.39 is 0 Å². The van der Waals surface area contributed by atoms with Gasteiger partial charge in [-0.15, -0.1) is 0 Å². The summed E-state index contributed by atoms with van der Waals surface area (Å²) in [4.78, 5) is 14.3. The topological polar surface area (TPSA) is 82.7 Å². The quantitative estimate of drug-likeness (QED) is 0.821. The summed E-state index contributed by atoms with van der Waals surface area (Å²) in [6.45, 7) is 2.03. The smallest absolute Gasteiger partial charge is 0.266 e. The van der Waals surface area contributed by atoms with Crippen LogP contribution in [0.15, 0.2) is 15.4 Å². The Bertz CT molecular complexity index is 719. The first-order valence-corrected chi connectivity index (χ1v) is 5.88. The number of hydrogen-bond donors (Lipinski definition) is 1. The van der Waals surface area contributed by atoms with Crippen LogP contribution in [0.5, 0.6) is 0 Å². The number of fused-ring (bicyclic) bond motifs is 3. The molecule has 1 aliphatic rings. The van der Waals surface area contributed by atoms with Crippen molar-refractivity contribution < 1.29 is 4.52 Å². The van der Waals surface area contributed by atoms with Crippen LogP contribution in [0.3, 0.4) is 0 Å². The highest BCUT2D eigenvalue weighted by Gasteiger charge is 2.25. The fraction of sp³-hybridized carbons (Fsp3) is 0.308. The summed E-state index contributed by atoms with van der Waals surface area (Å²) in [5, 5.41) is 12.9. The van der Waals surface area contributed by atoms with Gasteiger partial charge in [0.25, 0.3) is 5.56 Å². The summed E-state index contributed by atoms with van der Waals surface area (Å²) in [6.07, 6.45) is 2.39. The third-order valence-electron chi connectivity index (χ3n) is 3.32. The molecule has 5 heteroatoms. The summed E-state index contributed by atoms with van der Waals surface area (Å²) < 4.78 is 5.36. The molecule has 1 N–H and O–H groups in total. The number of nitrogens with zero attached hydrogens (tertiary/aromatic N) is 2. The molecule has 5 nitrogen and oxygen atoms in total. The van der Waals surface area contributed by atoms with Crippen molar-refractivity contribution in [2.45, 2.75) is 26.2 Å². The lowest BCUT2D eigenvalue weighted by Crippen LogP contribution is -2.16. The largest absolute Gasteiger partial charge is 0.356 e. The van der Waals surface area contributed by atoms with Crippen LogP contribution in [0.1, 0.15) is 29.4 Å². The van der Waals surface area contributed by atoms with Crippen molar-refractivity contribution in [2.24, 2.45) is 0 Å². The van der Waals surface area contributed by atoms with E-state index in [2.05, 4.69) is 10.1 Å². The molecule has 90 valence electrons. The van der Waals surface area contributed by atoms with Gasteiger partial charge in [-0.2, -0.15) is 5.26 Å². The number of hydrogen-bond acceptors (Lipinski definition) is 4. The summed E-state index contributed by atoms with van der Waals surface area (Å²) in [7, 11) is 0. The van der Waals surface area contributed by atoms with Crippen molar-refractivity contribution in [1.29, 1.82) is 5.26 Å². The van der Waals surface area contributed by atoms with Gasteiger partial charge >= 0.3 is 0 Å². The predicted octanol–water partition coefficient (Wildman–Crippen LogP) is 1.56. The van der Waals surface area contributed by atoms with E-state index in [1.807, 2.05) is 13.0 Å². The Labute approximate surface area is 103 Å². The molecular weight excluding hydrogens is 230 g/mol. The molecule has 2 heterocycles. The highest BCUT2D eigenvalue weighted by Crippen LogP contribution is 2.34. The molecule has 0 radical (unpaired) electrons. The Morgan fingerprint density at radius 3 is 3.11 bits per heavy atom. The molecule has 0 unspecified atom stereocenters. The van der Waals surface area contributed by atoms with E-state index in [9.17, 15) is 4.79 Å². The molecule has 0 atom stereocenters. The van der Waals surface area contributed by atoms with Crippen molar-refractivity contribution in [3.63, 3.8) is 0 Å². The number of aromatic amines is 1. The van der Waals surface area contributed by atoms with Gasteiger partial charge in [-0.05, 0) is 25.3 Å². The Balaban J connectivity index is 2.27. The van der Waals surface area contributed by atoms with Crippen LogP contribution in [0, 0.1) is 11.3 Å². The van der Waals surface area contributed by atoms with Crippen LogP contribution in [-0.2, 0) is 19.3 Å². The van der Waals surface area contributed by atoms with Crippen LogP contribution in [0.25, 0.3) is 11.3 Å². The molecule has 0 saturated heterocycles. The Morgan fingerprint density at radius 2 is 2.39 bits per heavy atom. The van der Waals surface area contributed by atoms with Crippen LogP contribution in [0.2, 0.25) is 0 Å². The average Bonchev–Trinajstić information content (AvgIpc) is 2.81. The Kier molecular flexibility index (Phi) is 2.30. The van der Waals surface area contributed by atoms with E-state index in [1.54, 1.807) is 6.07 Å². The lowest BCUT2D eigenvalue weighted by Gasteiger charge is -2.14. The number of rotatable bonds is 1. The zero-order chi connectivity index (χ0) is 12.7. The van der Waals surface area contributed by atoms with Crippen LogP contribution in [0.4, 0.5) is 0 Å². The number of pyridine rings is 1. The molecule has 0 saturated carbocycles. The first kappa shape index (κ1) is 10.8. The van der Waals surface area contributed by atoms with Crippen LogP contribution in [-0.4, -0.2) is 10.1 Å². The molecule has 0 bridgehead atoms. The van der Waals surface area contributed by atoms with E-state index in [-0.39, 0.29) is 11.1 Å². The third-order valence-corrected chi connectivity index (χ3v) is 3.32. The molecule has 0 spiro atoms. The molecule has 0 amide bonds. The summed E-state index contributed by atoms with van der Waals surface area (Å²) >= 11 is 0. The minimum absolute atomic E-state index is 0.107. The summed E-state index contributed by atoms with van der Waals surface area (Å²) in [6, 6.07) is 3.49. The standard InChI is InChI=1S/C13H11N3O2/c1-2-10-8-3-4-11-9(12(8)18-16-10)5-7(6-14)13(17)15-11/h5H,2-4H2,1H3,(H,15,17). The van der Waals surface area contributed by atoms with Crippen molar-refractivity contribution >= 4 is 0 Å². The van der Waals surface area contributed by atoms with Gasteiger partial charge < -0.3 is 9.51 Å². The number of H-pyrrole nitrogens is 1. The molecule has 0 fully saturated rings. The van der Waals surface area contributed by atoms with E-state index in [4.69, 9.17) is 9.78 Å². The van der Waals surface area contributed by atoms with Gasteiger partial charge in [0.2, 0.25) is 0 Å². The highest BCUT2D eigenvalue weighted by molar-refractivity contribution is 5.68. The summed E-state index contributed by atoms with van der Waals surface area (Å²) in [5.41, 5.74) is 3.44. The second-order valence-electron chi connectivity index (χ2n) is 4.31. The normalized spacial score (nSPS) is 12.7. The predicted molar refractivity (Wildman–Crippen MR) is 64.1 cm³/mol. The number of aromatic nitrogens is 2. The summed E-state index contributed by atoms with van der Waals surface area (Å²) in [5.74, 6) is 0.695. The number of nitriles is 1. The van der Waals surface area contributed by atoms with Crippen LogP contribution < -0.4 is 5.56 Å². The SMILES string of the molecule is CCc1noc2c1CCc1[nH]c(=O)c(C#N)cc1-2. The monoisotopic (exact) mass is 241 g/mol. The van der Waals surface area contributed by atoms with Gasteiger partial charge in [0, 0.05) is 16.8 Å². The van der Waals surface area contributed by atoms with Gasteiger partial charge in [0.1, 0.15) is 11.6 Å². The minimum atomic E-state index is -0.338. The minimum Gasteiger partial charge on any atom is -0.356 e. The fourth-order valence-electron chi connectivity index (χ4n) is 2.39. The molecule has 1 aliphatic carbocycles. The molecule has 0 aromatic carbocycles.